The van der Waals surface area contributed by atoms with E-state index in [4.69, 9.17) is 20.0 Å². The van der Waals surface area contributed by atoms with Crippen molar-refractivity contribution >= 4 is 29.7 Å². The fraction of sp³-hybridized carbons (Fsp3) is 0.308. The lowest BCUT2D eigenvalue weighted by Crippen LogP contribution is -2.26. The summed E-state index contributed by atoms with van der Waals surface area (Å²) in [5.41, 5.74) is 6.36. The van der Waals surface area contributed by atoms with E-state index < -0.39 is 0 Å². The molecule has 0 amide bonds. The van der Waals surface area contributed by atoms with Crippen molar-refractivity contribution < 1.29 is 19.1 Å². The number of ether oxygens (including phenoxy) is 1. The van der Waals surface area contributed by atoms with Gasteiger partial charge in [0, 0.05) is 18.0 Å². The van der Waals surface area contributed by atoms with Crippen LogP contribution in [0.5, 0.6) is 0 Å². The number of aliphatic hydroxyl groups is 1. The molecule has 2 aromatic heterocycles. The monoisotopic (exact) mass is 317 g/mol. The number of carbonyl (C=O) groups is 1. The van der Waals surface area contributed by atoms with Crippen molar-refractivity contribution in [3.63, 3.8) is 0 Å². The highest BCUT2D eigenvalue weighted by atomic mass is 35.5. The molecule has 0 aliphatic heterocycles. The molecule has 0 saturated heterocycles. The molecule has 110 valence electrons. The van der Waals surface area contributed by atoms with E-state index >= 15 is 0 Å². The Morgan fingerprint density at radius 2 is 2.25 bits per heavy atom. The Kier molecular flexibility index (Phi) is 6.22. The maximum atomic E-state index is 11.6. The van der Waals surface area contributed by atoms with E-state index in [2.05, 4.69) is 0 Å². The minimum atomic E-state index is -0.380. The van der Waals surface area contributed by atoms with Gasteiger partial charge < -0.3 is 20.0 Å². The number of esters is 1. The first-order valence-electron chi connectivity index (χ1n) is 5.77. The molecule has 20 heavy (non-hydrogen) atoms. The van der Waals surface area contributed by atoms with Gasteiger partial charge >= 0.3 is 5.97 Å². The van der Waals surface area contributed by atoms with Gasteiger partial charge in [-0.2, -0.15) is 0 Å². The van der Waals surface area contributed by atoms with Crippen LogP contribution in [0.25, 0.3) is 11.3 Å². The lowest BCUT2D eigenvalue weighted by Gasteiger charge is -2.04. The zero-order chi connectivity index (χ0) is 13.8. The molecule has 0 aliphatic rings. The SMILES string of the molecule is COC(=O)c1sccc1-c1ccc(CC(N)CO)o1.Cl. The molecule has 0 spiro atoms. The van der Waals surface area contributed by atoms with E-state index in [1.807, 2.05) is 11.4 Å². The van der Waals surface area contributed by atoms with E-state index in [0.29, 0.717) is 28.4 Å². The van der Waals surface area contributed by atoms with Gasteiger partial charge in [-0.25, -0.2) is 4.79 Å². The van der Waals surface area contributed by atoms with Gasteiger partial charge in [0.15, 0.2) is 0 Å². The molecule has 3 N–H and O–H groups in total. The van der Waals surface area contributed by atoms with Gasteiger partial charge in [-0.3, -0.25) is 0 Å². The summed E-state index contributed by atoms with van der Waals surface area (Å²) in [7, 11) is 1.35. The highest BCUT2D eigenvalue weighted by Gasteiger charge is 2.18. The van der Waals surface area contributed by atoms with E-state index in [1.54, 1.807) is 12.1 Å². The summed E-state index contributed by atoms with van der Waals surface area (Å²) >= 11 is 1.31. The largest absolute Gasteiger partial charge is 0.465 e. The molecule has 1 unspecified atom stereocenters. The van der Waals surface area contributed by atoms with Crippen LogP contribution < -0.4 is 5.73 Å². The zero-order valence-electron chi connectivity index (χ0n) is 10.9. The fourth-order valence-corrected chi connectivity index (χ4v) is 2.52. The average Bonchev–Trinajstić information content (AvgIpc) is 3.05. The van der Waals surface area contributed by atoms with E-state index in [9.17, 15) is 4.79 Å². The molecule has 0 radical (unpaired) electrons. The number of halogens is 1. The van der Waals surface area contributed by atoms with Crippen LogP contribution in [0.15, 0.2) is 28.0 Å². The predicted molar refractivity (Wildman–Crippen MR) is 79.4 cm³/mol. The number of hydrogen-bond acceptors (Lipinski definition) is 6. The molecule has 0 aliphatic carbocycles. The molecule has 1 atom stereocenters. The molecule has 7 heteroatoms. The first-order chi connectivity index (χ1) is 9.15. The number of carbonyl (C=O) groups excluding carboxylic acids is 1. The van der Waals surface area contributed by atoms with Crippen molar-refractivity contribution in [2.24, 2.45) is 5.73 Å². The summed E-state index contributed by atoms with van der Waals surface area (Å²) in [6.07, 6.45) is 0.453. The van der Waals surface area contributed by atoms with Crippen LogP contribution in [0.3, 0.4) is 0 Å². The van der Waals surface area contributed by atoms with Crippen molar-refractivity contribution in [3.05, 3.63) is 34.2 Å². The molecular formula is C13H16ClNO4S. The van der Waals surface area contributed by atoms with Gasteiger partial charge in [0.1, 0.15) is 16.4 Å². The highest BCUT2D eigenvalue weighted by molar-refractivity contribution is 7.12. The lowest BCUT2D eigenvalue weighted by atomic mass is 10.2. The Balaban J connectivity index is 0.00000200. The highest BCUT2D eigenvalue weighted by Crippen LogP contribution is 2.30. The summed E-state index contributed by atoms with van der Waals surface area (Å²) in [5, 5.41) is 10.7. The Morgan fingerprint density at radius 1 is 1.50 bits per heavy atom. The minimum absolute atomic E-state index is 0. The molecule has 0 bridgehead atoms. The maximum absolute atomic E-state index is 11.6. The number of rotatable bonds is 5. The van der Waals surface area contributed by atoms with Gasteiger partial charge in [0.2, 0.25) is 0 Å². The van der Waals surface area contributed by atoms with Crippen molar-refractivity contribution in [2.75, 3.05) is 13.7 Å². The van der Waals surface area contributed by atoms with Crippen molar-refractivity contribution in [1.82, 2.24) is 0 Å². The van der Waals surface area contributed by atoms with Crippen molar-refractivity contribution in [1.29, 1.82) is 0 Å². The third-order valence-electron chi connectivity index (χ3n) is 2.66. The third-order valence-corrected chi connectivity index (χ3v) is 3.56. The van der Waals surface area contributed by atoms with E-state index in [1.165, 1.54) is 18.4 Å². The Morgan fingerprint density at radius 3 is 2.90 bits per heavy atom. The van der Waals surface area contributed by atoms with E-state index in [0.717, 1.165) is 0 Å². The number of hydrogen-bond donors (Lipinski definition) is 2. The molecule has 2 rings (SSSR count). The number of methoxy groups -OCH3 is 1. The molecular weight excluding hydrogens is 302 g/mol. The quantitative estimate of drug-likeness (QED) is 0.825. The second kappa shape index (κ2) is 7.44. The first-order valence-corrected chi connectivity index (χ1v) is 6.65. The van der Waals surface area contributed by atoms with Gasteiger partial charge in [-0.1, -0.05) is 0 Å². The third kappa shape index (κ3) is 3.61. The molecule has 0 saturated carbocycles. The summed E-state index contributed by atoms with van der Waals surface area (Å²) in [6, 6.07) is 5.05. The van der Waals surface area contributed by atoms with Crippen LogP contribution in [-0.2, 0) is 11.2 Å². The summed E-state index contributed by atoms with van der Waals surface area (Å²) in [4.78, 5) is 12.1. The van der Waals surface area contributed by atoms with Crippen LogP contribution in [0, 0.1) is 0 Å². The topological polar surface area (TPSA) is 85.7 Å². The molecule has 0 fully saturated rings. The fourth-order valence-electron chi connectivity index (χ4n) is 1.71. The zero-order valence-corrected chi connectivity index (χ0v) is 12.5. The number of furan rings is 1. The maximum Gasteiger partial charge on any atom is 0.348 e. The second-order valence-corrected chi connectivity index (χ2v) is 4.98. The Hall–Kier alpha value is -1.34. The summed E-state index contributed by atoms with van der Waals surface area (Å²) in [5.74, 6) is 0.898. The van der Waals surface area contributed by atoms with Gasteiger partial charge in [0.05, 0.1) is 13.7 Å². The van der Waals surface area contributed by atoms with Gasteiger partial charge in [-0.05, 0) is 23.6 Å². The van der Waals surface area contributed by atoms with Crippen LogP contribution in [0.2, 0.25) is 0 Å². The number of aliphatic hydroxyl groups excluding tert-OH is 1. The van der Waals surface area contributed by atoms with Gasteiger partial charge in [-0.15, -0.1) is 23.7 Å². The van der Waals surface area contributed by atoms with Crippen LogP contribution in [-0.4, -0.2) is 30.8 Å². The molecule has 0 aromatic carbocycles. The average molecular weight is 318 g/mol. The van der Waals surface area contributed by atoms with Gasteiger partial charge in [0.25, 0.3) is 0 Å². The van der Waals surface area contributed by atoms with Crippen molar-refractivity contribution in [2.45, 2.75) is 12.5 Å². The number of thiophene rings is 1. The molecule has 5 nitrogen and oxygen atoms in total. The lowest BCUT2D eigenvalue weighted by molar-refractivity contribution is 0.0607. The predicted octanol–water partition coefficient (Wildman–Crippen LogP) is 2.08. The molecule has 2 heterocycles. The van der Waals surface area contributed by atoms with Crippen LogP contribution in [0.4, 0.5) is 0 Å². The smallest absolute Gasteiger partial charge is 0.348 e. The first kappa shape index (κ1) is 16.7. The normalized spacial score (nSPS) is 11.8. The standard InChI is InChI=1S/C13H15NO4S.ClH/c1-17-13(16)12-10(4-5-19-12)11-3-2-9(18-11)6-8(14)7-15;/h2-5,8,15H,6-7,14H2,1H3;1H. The Labute approximate surface area is 126 Å². The number of nitrogens with two attached hydrogens (primary N) is 1. The van der Waals surface area contributed by atoms with Crippen molar-refractivity contribution in [3.8, 4) is 11.3 Å². The van der Waals surface area contributed by atoms with Crippen LogP contribution in [0.1, 0.15) is 15.4 Å². The molecule has 2 aromatic rings. The summed E-state index contributed by atoms with van der Waals surface area (Å²) in [6.45, 7) is -0.0953. The van der Waals surface area contributed by atoms with Crippen LogP contribution >= 0.6 is 23.7 Å². The minimum Gasteiger partial charge on any atom is -0.465 e. The second-order valence-electron chi connectivity index (χ2n) is 4.07. The summed E-state index contributed by atoms with van der Waals surface area (Å²) < 4.78 is 10.4. The van der Waals surface area contributed by atoms with E-state index in [-0.39, 0.29) is 31.0 Å². The Bertz CT molecular complexity index is 566.